The van der Waals surface area contributed by atoms with Crippen LogP contribution in [0.2, 0.25) is 0 Å². The van der Waals surface area contributed by atoms with Gasteiger partial charge < -0.3 is 5.32 Å². The summed E-state index contributed by atoms with van der Waals surface area (Å²) in [6.45, 7) is 5.88. The second-order valence-corrected chi connectivity index (χ2v) is 5.89. The Morgan fingerprint density at radius 2 is 1.95 bits per heavy atom. The largest absolute Gasteiger partial charge is 0.311 e. The zero-order chi connectivity index (χ0) is 15.1. The van der Waals surface area contributed by atoms with Crippen LogP contribution in [0.3, 0.4) is 0 Å². The van der Waals surface area contributed by atoms with Crippen LogP contribution >= 0.6 is 11.8 Å². The first kappa shape index (κ1) is 15.9. The summed E-state index contributed by atoms with van der Waals surface area (Å²) in [5.74, 6) is 1.29. The van der Waals surface area contributed by atoms with Gasteiger partial charge in [0.05, 0.1) is 11.4 Å². The lowest BCUT2D eigenvalue weighted by Gasteiger charge is -2.07. The highest BCUT2D eigenvalue weighted by Crippen LogP contribution is 2.21. The highest BCUT2D eigenvalue weighted by Gasteiger charge is 2.04. The zero-order valence-electron chi connectivity index (χ0n) is 12.4. The van der Waals surface area contributed by atoms with Gasteiger partial charge in [-0.25, -0.2) is 14.4 Å². The summed E-state index contributed by atoms with van der Waals surface area (Å²) in [6.07, 6.45) is 1.11. The molecule has 1 heterocycles. The molecule has 0 atom stereocenters. The molecule has 1 aromatic carbocycles. The summed E-state index contributed by atoms with van der Waals surface area (Å²) in [5.41, 5.74) is 2.00. The zero-order valence-corrected chi connectivity index (χ0v) is 13.2. The molecule has 0 unspecified atom stereocenters. The lowest BCUT2D eigenvalue weighted by atomic mass is 10.3. The maximum Gasteiger partial charge on any atom is 0.139 e. The number of benzene rings is 1. The Kier molecular flexibility index (Phi) is 6.14. The van der Waals surface area contributed by atoms with E-state index in [-0.39, 0.29) is 5.82 Å². The molecule has 0 amide bonds. The molecule has 5 heteroatoms. The standard InChI is InChI=1S/C16H20FN3S/c1-3-8-18-10-14-9-12(2)19-16(20-14)11-21-15-6-4-13(17)5-7-15/h4-7,9,18H,3,8,10-11H2,1-2H3. The predicted molar refractivity (Wildman–Crippen MR) is 84.7 cm³/mol. The van der Waals surface area contributed by atoms with Gasteiger partial charge in [0.15, 0.2) is 0 Å². The number of nitrogens with one attached hydrogen (secondary N) is 1. The van der Waals surface area contributed by atoms with E-state index < -0.39 is 0 Å². The first-order valence-electron chi connectivity index (χ1n) is 7.10. The molecule has 3 nitrogen and oxygen atoms in total. The fraction of sp³-hybridized carbons (Fsp3) is 0.375. The van der Waals surface area contributed by atoms with Crippen LogP contribution in [0.1, 0.15) is 30.6 Å². The van der Waals surface area contributed by atoms with E-state index >= 15 is 0 Å². The molecule has 1 N–H and O–H groups in total. The summed E-state index contributed by atoms with van der Waals surface area (Å²) < 4.78 is 12.9. The van der Waals surface area contributed by atoms with Crippen LogP contribution in [0.4, 0.5) is 4.39 Å². The lowest BCUT2D eigenvalue weighted by molar-refractivity contribution is 0.626. The van der Waals surface area contributed by atoms with Gasteiger partial charge >= 0.3 is 0 Å². The summed E-state index contributed by atoms with van der Waals surface area (Å²) in [7, 11) is 0. The fourth-order valence-corrected chi connectivity index (χ4v) is 2.68. The first-order chi connectivity index (χ1) is 10.2. The van der Waals surface area contributed by atoms with Crippen molar-refractivity contribution in [2.75, 3.05) is 6.54 Å². The lowest BCUT2D eigenvalue weighted by Crippen LogP contribution is -2.15. The quantitative estimate of drug-likeness (QED) is 0.625. The van der Waals surface area contributed by atoms with Gasteiger partial charge in [-0.2, -0.15) is 0 Å². The highest BCUT2D eigenvalue weighted by atomic mass is 32.2. The van der Waals surface area contributed by atoms with Crippen molar-refractivity contribution in [3.63, 3.8) is 0 Å². The molecule has 1 aromatic heterocycles. The van der Waals surface area contributed by atoms with E-state index in [1.165, 1.54) is 12.1 Å². The Labute approximate surface area is 129 Å². The molecule has 0 radical (unpaired) electrons. The van der Waals surface area contributed by atoms with Gasteiger partial charge in [0, 0.05) is 17.1 Å². The third-order valence-corrected chi connectivity index (χ3v) is 3.88. The van der Waals surface area contributed by atoms with Crippen molar-refractivity contribution < 1.29 is 4.39 Å². The number of aryl methyl sites for hydroxylation is 1. The molecule has 0 saturated carbocycles. The van der Waals surface area contributed by atoms with Crippen molar-refractivity contribution in [2.45, 2.75) is 37.5 Å². The Hall–Kier alpha value is -1.46. The monoisotopic (exact) mass is 305 g/mol. The van der Waals surface area contributed by atoms with Crippen molar-refractivity contribution in [1.82, 2.24) is 15.3 Å². The van der Waals surface area contributed by atoms with Crippen LogP contribution in [0.15, 0.2) is 35.2 Å². The van der Waals surface area contributed by atoms with Gasteiger partial charge in [-0.1, -0.05) is 6.92 Å². The molecule has 2 aromatic rings. The SMILES string of the molecule is CCCNCc1cc(C)nc(CSc2ccc(F)cc2)n1. The fourth-order valence-electron chi connectivity index (χ4n) is 1.93. The van der Waals surface area contributed by atoms with Crippen molar-refractivity contribution in [1.29, 1.82) is 0 Å². The highest BCUT2D eigenvalue weighted by molar-refractivity contribution is 7.98. The van der Waals surface area contributed by atoms with E-state index in [1.807, 2.05) is 13.0 Å². The minimum absolute atomic E-state index is 0.213. The van der Waals surface area contributed by atoms with E-state index in [0.717, 1.165) is 41.6 Å². The van der Waals surface area contributed by atoms with Crippen LogP contribution in [0.25, 0.3) is 0 Å². The number of halogens is 1. The molecule has 21 heavy (non-hydrogen) atoms. The van der Waals surface area contributed by atoms with E-state index in [9.17, 15) is 4.39 Å². The third-order valence-electron chi connectivity index (χ3n) is 2.87. The second-order valence-electron chi connectivity index (χ2n) is 4.84. The minimum atomic E-state index is -0.213. The summed E-state index contributed by atoms with van der Waals surface area (Å²) in [6, 6.07) is 8.51. The van der Waals surface area contributed by atoms with Gasteiger partial charge in [-0.15, -0.1) is 11.8 Å². The molecule has 0 aliphatic rings. The van der Waals surface area contributed by atoms with E-state index in [2.05, 4.69) is 22.2 Å². The van der Waals surface area contributed by atoms with Crippen molar-refractivity contribution in [3.8, 4) is 0 Å². The van der Waals surface area contributed by atoms with Crippen molar-refractivity contribution >= 4 is 11.8 Å². The normalized spacial score (nSPS) is 10.8. The molecule has 0 saturated heterocycles. The molecular weight excluding hydrogens is 285 g/mol. The van der Waals surface area contributed by atoms with Gasteiger partial charge in [0.2, 0.25) is 0 Å². The average molecular weight is 305 g/mol. The van der Waals surface area contributed by atoms with Gasteiger partial charge in [0.1, 0.15) is 11.6 Å². The van der Waals surface area contributed by atoms with Crippen LogP contribution in [0, 0.1) is 12.7 Å². The number of rotatable bonds is 7. The number of nitrogens with zero attached hydrogens (tertiary/aromatic N) is 2. The molecule has 0 aliphatic heterocycles. The predicted octanol–water partition coefficient (Wildman–Crippen LogP) is 3.72. The summed E-state index contributed by atoms with van der Waals surface area (Å²) >= 11 is 1.62. The first-order valence-corrected chi connectivity index (χ1v) is 8.08. The number of thioether (sulfide) groups is 1. The van der Waals surface area contributed by atoms with Crippen LogP contribution in [0.5, 0.6) is 0 Å². The van der Waals surface area contributed by atoms with E-state index in [0.29, 0.717) is 5.75 Å². The maximum absolute atomic E-state index is 12.9. The van der Waals surface area contributed by atoms with Crippen molar-refractivity contribution in [3.05, 3.63) is 53.4 Å². The third kappa shape index (κ3) is 5.44. The Morgan fingerprint density at radius 3 is 2.67 bits per heavy atom. The molecule has 0 fully saturated rings. The van der Waals surface area contributed by atoms with Crippen LogP contribution in [-0.2, 0) is 12.3 Å². The molecule has 0 bridgehead atoms. The summed E-state index contributed by atoms with van der Waals surface area (Å²) in [4.78, 5) is 10.1. The van der Waals surface area contributed by atoms with E-state index in [1.54, 1.807) is 23.9 Å². The van der Waals surface area contributed by atoms with Crippen LogP contribution in [-0.4, -0.2) is 16.5 Å². The smallest absolute Gasteiger partial charge is 0.139 e. The number of hydrogen-bond donors (Lipinski definition) is 1. The van der Waals surface area contributed by atoms with Crippen LogP contribution < -0.4 is 5.32 Å². The molecular formula is C16H20FN3S. The minimum Gasteiger partial charge on any atom is -0.311 e. The molecule has 2 rings (SSSR count). The second kappa shape index (κ2) is 8.10. The van der Waals surface area contributed by atoms with Gasteiger partial charge in [0.25, 0.3) is 0 Å². The maximum atomic E-state index is 12.9. The molecule has 0 aliphatic carbocycles. The van der Waals surface area contributed by atoms with Gasteiger partial charge in [-0.3, -0.25) is 0 Å². The van der Waals surface area contributed by atoms with Crippen molar-refractivity contribution in [2.24, 2.45) is 0 Å². The number of hydrogen-bond acceptors (Lipinski definition) is 4. The topological polar surface area (TPSA) is 37.8 Å². The molecule has 0 spiro atoms. The Morgan fingerprint density at radius 1 is 1.19 bits per heavy atom. The average Bonchev–Trinajstić information content (AvgIpc) is 2.46. The Bertz CT molecular complexity index is 572. The molecule has 112 valence electrons. The van der Waals surface area contributed by atoms with E-state index in [4.69, 9.17) is 0 Å². The summed E-state index contributed by atoms with van der Waals surface area (Å²) in [5, 5.41) is 3.35. The number of aromatic nitrogens is 2. The van der Waals surface area contributed by atoms with Gasteiger partial charge in [-0.05, 0) is 50.2 Å². The Balaban J connectivity index is 1.97.